The zero-order chi connectivity index (χ0) is 21.7. The average Bonchev–Trinajstić information content (AvgIpc) is 2.93. The third-order valence-electron chi connectivity index (χ3n) is 5.62. The summed E-state index contributed by atoms with van der Waals surface area (Å²) in [4.78, 5) is 32.0. The molecule has 0 radical (unpaired) electrons. The molecule has 0 aromatic carbocycles. The molecule has 7 nitrogen and oxygen atoms in total. The molecule has 1 aliphatic heterocycles. The van der Waals surface area contributed by atoms with E-state index in [2.05, 4.69) is 15.3 Å². The van der Waals surface area contributed by atoms with Crippen LogP contribution in [0.15, 0.2) is 24.3 Å². The number of pyridine rings is 2. The van der Waals surface area contributed by atoms with Crippen LogP contribution in [-0.2, 0) is 16.4 Å². The number of aryl methyl sites for hydroxylation is 1. The number of carboxylic acid groups (broad SMARTS) is 1. The second-order valence-electron chi connectivity index (χ2n) is 7.55. The lowest BCUT2D eigenvalue weighted by molar-refractivity contribution is -0.139. The Bertz CT molecular complexity index is 1030. The summed E-state index contributed by atoms with van der Waals surface area (Å²) in [7, 11) is 0. The molecule has 1 saturated carbocycles. The minimum Gasteiger partial charge on any atom is -0.477 e. The van der Waals surface area contributed by atoms with Crippen LogP contribution < -0.4 is 10.1 Å². The Balaban J connectivity index is 1.56. The van der Waals surface area contributed by atoms with E-state index < -0.39 is 35.1 Å². The van der Waals surface area contributed by atoms with E-state index in [4.69, 9.17) is 4.74 Å². The normalized spacial score (nSPS) is 23.2. The Hall–Kier alpha value is -3.17. The Labute approximate surface area is 169 Å². The van der Waals surface area contributed by atoms with Crippen LogP contribution in [0.1, 0.15) is 53.1 Å². The minimum atomic E-state index is -4.59. The molecule has 4 rings (SSSR count). The number of aromatic carboxylic acids is 1. The summed E-state index contributed by atoms with van der Waals surface area (Å²) in [6.07, 6.45) is -3.98. The van der Waals surface area contributed by atoms with Crippen molar-refractivity contribution in [3.8, 4) is 5.88 Å². The molecule has 0 atom stereocenters. The molecule has 1 spiro atoms. The molecule has 2 aliphatic rings. The number of anilines is 1. The number of carbonyl (C=O) groups excluding carboxylic acids is 1. The van der Waals surface area contributed by atoms with Gasteiger partial charge in [0.1, 0.15) is 17.4 Å². The molecule has 2 aromatic heterocycles. The number of amides is 1. The Kier molecular flexibility index (Phi) is 4.67. The molecule has 3 heterocycles. The van der Waals surface area contributed by atoms with Gasteiger partial charge in [-0.2, -0.15) is 13.2 Å². The van der Waals surface area contributed by atoms with E-state index in [0.29, 0.717) is 29.9 Å². The van der Waals surface area contributed by atoms with Crippen molar-refractivity contribution in [1.82, 2.24) is 9.97 Å². The first kappa shape index (κ1) is 20.1. The lowest BCUT2D eigenvalue weighted by Gasteiger charge is -2.35. The molecule has 10 heteroatoms. The van der Waals surface area contributed by atoms with Crippen LogP contribution in [-0.4, -0.2) is 33.1 Å². The highest BCUT2D eigenvalue weighted by Crippen LogP contribution is 2.47. The fraction of sp³-hybridized carbons (Fsp3) is 0.400. The van der Waals surface area contributed by atoms with Gasteiger partial charge in [-0.05, 0) is 56.9 Å². The number of aromatic nitrogens is 2. The van der Waals surface area contributed by atoms with Gasteiger partial charge in [-0.1, -0.05) is 0 Å². The Morgan fingerprint density at radius 1 is 1.20 bits per heavy atom. The van der Waals surface area contributed by atoms with Gasteiger partial charge in [0.15, 0.2) is 0 Å². The lowest BCUT2D eigenvalue weighted by atomic mass is 9.71. The van der Waals surface area contributed by atoms with Crippen LogP contribution in [0.2, 0.25) is 0 Å². The van der Waals surface area contributed by atoms with E-state index in [9.17, 15) is 27.9 Å². The van der Waals surface area contributed by atoms with E-state index in [0.717, 1.165) is 6.07 Å². The van der Waals surface area contributed by atoms with Crippen LogP contribution in [0.3, 0.4) is 0 Å². The second-order valence-corrected chi connectivity index (χ2v) is 7.55. The van der Waals surface area contributed by atoms with Gasteiger partial charge in [-0.15, -0.1) is 0 Å². The van der Waals surface area contributed by atoms with Crippen molar-refractivity contribution in [2.75, 3.05) is 5.32 Å². The van der Waals surface area contributed by atoms with Crippen molar-refractivity contribution in [3.63, 3.8) is 0 Å². The molecule has 0 unspecified atom stereocenters. The summed E-state index contributed by atoms with van der Waals surface area (Å²) >= 11 is 0. The quantitative estimate of drug-likeness (QED) is 0.784. The molecule has 2 aromatic rings. The van der Waals surface area contributed by atoms with E-state index in [1.54, 1.807) is 6.92 Å². The summed E-state index contributed by atoms with van der Waals surface area (Å²) < 4.78 is 45.4. The fourth-order valence-corrected chi connectivity index (χ4v) is 4.06. The van der Waals surface area contributed by atoms with Crippen LogP contribution in [0.25, 0.3) is 0 Å². The number of ether oxygens (including phenoxy) is 1. The maximum atomic E-state index is 13.3. The van der Waals surface area contributed by atoms with Crippen LogP contribution in [0.4, 0.5) is 18.9 Å². The molecule has 30 heavy (non-hydrogen) atoms. The van der Waals surface area contributed by atoms with E-state index in [1.807, 2.05) is 0 Å². The molecular weight excluding hydrogens is 403 g/mol. The van der Waals surface area contributed by atoms with Crippen LogP contribution >= 0.6 is 0 Å². The molecule has 1 amide bonds. The predicted molar refractivity (Wildman–Crippen MR) is 98.4 cm³/mol. The lowest BCUT2D eigenvalue weighted by Crippen LogP contribution is -2.41. The van der Waals surface area contributed by atoms with E-state index in [-0.39, 0.29) is 24.4 Å². The van der Waals surface area contributed by atoms with Crippen molar-refractivity contribution in [2.24, 2.45) is 0 Å². The molecule has 0 saturated heterocycles. The first-order valence-corrected chi connectivity index (χ1v) is 9.38. The predicted octanol–water partition coefficient (Wildman–Crippen LogP) is 3.71. The smallest absolute Gasteiger partial charge is 0.421 e. The van der Waals surface area contributed by atoms with Crippen molar-refractivity contribution in [3.05, 3.63) is 46.9 Å². The molecule has 0 bridgehead atoms. The Morgan fingerprint density at radius 3 is 2.53 bits per heavy atom. The maximum absolute atomic E-state index is 13.3. The van der Waals surface area contributed by atoms with Gasteiger partial charge >= 0.3 is 12.1 Å². The first-order chi connectivity index (χ1) is 14.1. The van der Waals surface area contributed by atoms with E-state index in [1.165, 1.54) is 18.2 Å². The van der Waals surface area contributed by atoms with Gasteiger partial charge in [-0.3, -0.25) is 4.79 Å². The van der Waals surface area contributed by atoms with Gasteiger partial charge < -0.3 is 15.2 Å². The van der Waals surface area contributed by atoms with Gasteiger partial charge in [0, 0.05) is 5.69 Å². The average molecular weight is 421 g/mol. The third-order valence-corrected chi connectivity index (χ3v) is 5.62. The summed E-state index contributed by atoms with van der Waals surface area (Å²) in [5.41, 5.74) is -0.876. The topological polar surface area (TPSA) is 101 Å². The summed E-state index contributed by atoms with van der Waals surface area (Å²) in [5, 5.41) is 11.9. The molecular formula is C20H18F3N3O4. The summed E-state index contributed by atoms with van der Waals surface area (Å²) in [6.45, 7) is 1.58. The van der Waals surface area contributed by atoms with Crippen molar-refractivity contribution in [2.45, 2.75) is 50.3 Å². The highest BCUT2D eigenvalue weighted by Gasteiger charge is 2.51. The van der Waals surface area contributed by atoms with Crippen LogP contribution in [0.5, 0.6) is 5.88 Å². The molecule has 2 N–H and O–H groups in total. The number of hydrogen-bond acceptors (Lipinski definition) is 5. The molecule has 1 fully saturated rings. The fourth-order valence-electron chi connectivity index (χ4n) is 4.06. The third kappa shape index (κ3) is 3.35. The molecule has 1 aliphatic carbocycles. The SMILES string of the molecule is Cc1ccc(C(F)(F)F)c(OC2CCC3(CC2)C(=O)Nc2ccc(C(=O)O)nc23)n1. The number of nitrogens with zero attached hydrogens (tertiary/aromatic N) is 2. The number of nitrogens with one attached hydrogen (secondary N) is 1. The summed E-state index contributed by atoms with van der Waals surface area (Å²) in [5.74, 6) is -1.95. The zero-order valence-electron chi connectivity index (χ0n) is 15.9. The number of hydrogen-bond donors (Lipinski definition) is 2. The second kappa shape index (κ2) is 6.96. The van der Waals surface area contributed by atoms with Crippen molar-refractivity contribution in [1.29, 1.82) is 0 Å². The van der Waals surface area contributed by atoms with E-state index >= 15 is 0 Å². The zero-order valence-corrected chi connectivity index (χ0v) is 15.9. The van der Waals surface area contributed by atoms with Gasteiger partial charge in [0.25, 0.3) is 0 Å². The van der Waals surface area contributed by atoms with Gasteiger partial charge in [0.05, 0.1) is 16.8 Å². The highest BCUT2D eigenvalue weighted by molar-refractivity contribution is 6.06. The van der Waals surface area contributed by atoms with Crippen molar-refractivity contribution < 1.29 is 32.6 Å². The number of alkyl halides is 3. The monoisotopic (exact) mass is 421 g/mol. The number of rotatable bonds is 3. The number of carbonyl (C=O) groups is 2. The maximum Gasteiger partial charge on any atom is 0.421 e. The minimum absolute atomic E-state index is 0.165. The Morgan fingerprint density at radius 2 is 1.90 bits per heavy atom. The number of carboxylic acids is 1. The largest absolute Gasteiger partial charge is 0.477 e. The van der Waals surface area contributed by atoms with Gasteiger partial charge in [-0.25, -0.2) is 14.8 Å². The molecule has 158 valence electrons. The number of fused-ring (bicyclic) bond motifs is 2. The standard InChI is InChI=1S/C20H18F3N3O4/c1-10-2-3-12(20(21,22)23)16(24-10)30-11-6-8-19(9-7-11)15-13(26-18(19)29)4-5-14(25-15)17(27)28/h2-5,11H,6-9H2,1H3,(H,26,29)(H,27,28). The number of halogens is 3. The van der Waals surface area contributed by atoms with Crippen molar-refractivity contribution >= 4 is 17.6 Å². The van der Waals surface area contributed by atoms with Gasteiger partial charge in [0.2, 0.25) is 11.8 Å². The van der Waals surface area contributed by atoms with Crippen LogP contribution in [0, 0.1) is 6.92 Å². The highest BCUT2D eigenvalue weighted by atomic mass is 19.4. The first-order valence-electron chi connectivity index (χ1n) is 9.38. The summed E-state index contributed by atoms with van der Waals surface area (Å²) in [6, 6.07) is 5.04.